The van der Waals surface area contributed by atoms with Gasteiger partial charge in [-0.15, -0.1) is 13.2 Å². The minimum absolute atomic E-state index is 0.0489. The average molecular weight is 388 g/mol. The van der Waals surface area contributed by atoms with Gasteiger partial charge in [0.1, 0.15) is 5.75 Å². The van der Waals surface area contributed by atoms with Crippen molar-refractivity contribution in [1.82, 2.24) is 15.1 Å². The van der Waals surface area contributed by atoms with Crippen LogP contribution in [-0.4, -0.2) is 73.8 Å². The van der Waals surface area contributed by atoms with E-state index in [0.717, 1.165) is 12.1 Å². The zero-order valence-corrected chi connectivity index (χ0v) is 15.2. The molecule has 7 nitrogen and oxygen atoms in total. The van der Waals surface area contributed by atoms with Crippen molar-refractivity contribution in [2.45, 2.75) is 19.3 Å². The van der Waals surface area contributed by atoms with Crippen molar-refractivity contribution in [3.8, 4) is 5.75 Å². The number of alkyl halides is 3. The van der Waals surface area contributed by atoms with Gasteiger partial charge in [0.25, 0.3) is 0 Å². The summed E-state index contributed by atoms with van der Waals surface area (Å²) in [5.41, 5.74) is 0.389. The summed E-state index contributed by atoms with van der Waals surface area (Å²) in [5.74, 6) is -0.646. The van der Waals surface area contributed by atoms with Crippen molar-refractivity contribution < 1.29 is 27.5 Å². The molecule has 0 spiro atoms. The molecule has 2 rings (SSSR count). The third-order valence-corrected chi connectivity index (χ3v) is 4.34. The molecule has 1 heterocycles. The Morgan fingerprint density at radius 3 is 2.26 bits per heavy atom. The van der Waals surface area contributed by atoms with Gasteiger partial charge in [-0.1, -0.05) is 0 Å². The molecule has 0 radical (unpaired) electrons. The van der Waals surface area contributed by atoms with E-state index in [2.05, 4.69) is 15.4 Å². The molecule has 1 atom stereocenters. The molecule has 1 aromatic rings. The SMILES string of the molecule is CNC(=O)CN1CCN([C@H](C)C(=O)Nc2ccc(OC(F)(F)F)cc2)CC1. The number of carbonyl (C=O) groups is 2. The first-order chi connectivity index (χ1) is 12.7. The molecular weight excluding hydrogens is 365 g/mol. The molecule has 1 aromatic carbocycles. The number of carbonyl (C=O) groups excluding carboxylic acids is 2. The first-order valence-corrected chi connectivity index (χ1v) is 8.51. The Morgan fingerprint density at radius 1 is 1.15 bits per heavy atom. The topological polar surface area (TPSA) is 73.9 Å². The maximum atomic E-state index is 12.4. The van der Waals surface area contributed by atoms with Crippen molar-refractivity contribution >= 4 is 17.5 Å². The van der Waals surface area contributed by atoms with Crippen LogP contribution < -0.4 is 15.4 Å². The molecule has 0 bridgehead atoms. The highest BCUT2D eigenvalue weighted by Gasteiger charge is 2.31. The predicted molar refractivity (Wildman–Crippen MR) is 93.3 cm³/mol. The normalized spacial score (nSPS) is 17.2. The van der Waals surface area contributed by atoms with Crippen LogP contribution in [0, 0.1) is 0 Å². The van der Waals surface area contributed by atoms with Crippen molar-refractivity contribution in [2.24, 2.45) is 0 Å². The second-order valence-corrected chi connectivity index (χ2v) is 6.22. The third kappa shape index (κ3) is 6.72. The van der Waals surface area contributed by atoms with Gasteiger partial charge in [-0.05, 0) is 31.2 Å². The van der Waals surface area contributed by atoms with E-state index in [4.69, 9.17) is 0 Å². The third-order valence-electron chi connectivity index (χ3n) is 4.34. The van der Waals surface area contributed by atoms with E-state index in [1.165, 1.54) is 12.1 Å². The summed E-state index contributed by atoms with van der Waals surface area (Å²) in [4.78, 5) is 27.8. The van der Waals surface area contributed by atoms with Crippen molar-refractivity contribution in [3.05, 3.63) is 24.3 Å². The molecule has 2 amide bonds. The fourth-order valence-electron chi connectivity index (χ4n) is 2.74. The van der Waals surface area contributed by atoms with Gasteiger partial charge in [0.2, 0.25) is 11.8 Å². The highest BCUT2D eigenvalue weighted by molar-refractivity contribution is 5.94. The van der Waals surface area contributed by atoms with Gasteiger partial charge in [0.05, 0.1) is 12.6 Å². The van der Waals surface area contributed by atoms with Crippen LogP contribution in [0.2, 0.25) is 0 Å². The quantitative estimate of drug-likeness (QED) is 0.768. The number of nitrogens with zero attached hydrogens (tertiary/aromatic N) is 2. The van der Waals surface area contributed by atoms with Crippen LogP contribution in [0.5, 0.6) is 5.75 Å². The average Bonchev–Trinajstić information content (AvgIpc) is 2.62. The van der Waals surface area contributed by atoms with Crippen LogP contribution in [0.15, 0.2) is 24.3 Å². The molecule has 0 aromatic heterocycles. The largest absolute Gasteiger partial charge is 0.573 e. The molecule has 0 unspecified atom stereocenters. The Morgan fingerprint density at radius 2 is 1.74 bits per heavy atom. The molecular formula is C17H23F3N4O3. The van der Waals surface area contributed by atoms with Crippen LogP contribution in [-0.2, 0) is 9.59 Å². The molecule has 150 valence electrons. The summed E-state index contributed by atoms with van der Waals surface area (Å²) in [6.45, 7) is 4.74. The Bertz CT molecular complexity index is 644. The van der Waals surface area contributed by atoms with Crippen molar-refractivity contribution in [3.63, 3.8) is 0 Å². The van der Waals surface area contributed by atoms with Gasteiger partial charge < -0.3 is 15.4 Å². The number of amides is 2. The van der Waals surface area contributed by atoms with Crippen molar-refractivity contribution in [1.29, 1.82) is 0 Å². The van der Waals surface area contributed by atoms with E-state index in [1.807, 2.05) is 9.80 Å². The summed E-state index contributed by atoms with van der Waals surface area (Å²) in [6.07, 6.45) is -4.75. The van der Waals surface area contributed by atoms with Gasteiger partial charge in [-0.25, -0.2) is 0 Å². The summed E-state index contributed by atoms with van der Waals surface area (Å²) in [6, 6.07) is 4.59. The molecule has 1 fully saturated rings. The van der Waals surface area contributed by atoms with E-state index >= 15 is 0 Å². The second-order valence-electron chi connectivity index (χ2n) is 6.22. The minimum Gasteiger partial charge on any atom is -0.406 e. The zero-order valence-electron chi connectivity index (χ0n) is 15.2. The van der Waals surface area contributed by atoms with Crippen LogP contribution in [0.25, 0.3) is 0 Å². The van der Waals surface area contributed by atoms with E-state index in [1.54, 1.807) is 14.0 Å². The second kappa shape index (κ2) is 9.05. The van der Waals surface area contributed by atoms with Gasteiger partial charge >= 0.3 is 6.36 Å². The number of hydrogen-bond donors (Lipinski definition) is 2. The lowest BCUT2D eigenvalue weighted by atomic mass is 10.2. The van der Waals surface area contributed by atoms with Gasteiger partial charge in [-0.2, -0.15) is 0 Å². The molecule has 10 heteroatoms. The number of halogens is 3. The zero-order chi connectivity index (χ0) is 20.0. The van der Waals surface area contributed by atoms with Crippen molar-refractivity contribution in [2.75, 3.05) is 45.1 Å². The Balaban J connectivity index is 1.83. The van der Waals surface area contributed by atoms with Crippen LogP contribution >= 0.6 is 0 Å². The predicted octanol–water partition coefficient (Wildman–Crippen LogP) is 1.28. The van der Waals surface area contributed by atoms with Crippen LogP contribution in [0.4, 0.5) is 18.9 Å². The summed E-state index contributed by atoms with van der Waals surface area (Å²) in [5, 5.41) is 5.26. The van der Waals surface area contributed by atoms with Gasteiger partial charge in [0, 0.05) is 38.9 Å². The number of rotatable bonds is 6. The number of ether oxygens (including phenoxy) is 1. The molecule has 2 N–H and O–H groups in total. The Kier molecular flexibility index (Phi) is 7.03. The number of hydrogen-bond acceptors (Lipinski definition) is 5. The lowest BCUT2D eigenvalue weighted by molar-refractivity contribution is -0.274. The summed E-state index contributed by atoms with van der Waals surface area (Å²) in [7, 11) is 1.59. The van der Waals surface area contributed by atoms with E-state index in [0.29, 0.717) is 38.4 Å². The number of piperazine rings is 1. The van der Waals surface area contributed by atoms with Crippen LogP contribution in [0.1, 0.15) is 6.92 Å². The number of nitrogens with one attached hydrogen (secondary N) is 2. The summed E-state index contributed by atoms with van der Waals surface area (Å²) < 4.78 is 40.3. The Hall–Kier alpha value is -2.33. The molecule has 0 aliphatic carbocycles. The van der Waals surface area contributed by atoms with E-state index in [9.17, 15) is 22.8 Å². The first kappa shape index (κ1) is 21.0. The monoisotopic (exact) mass is 388 g/mol. The maximum absolute atomic E-state index is 12.4. The molecule has 1 aliphatic heterocycles. The lowest BCUT2D eigenvalue weighted by Crippen LogP contribution is -2.54. The van der Waals surface area contributed by atoms with E-state index in [-0.39, 0.29) is 17.6 Å². The minimum atomic E-state index is -4.75. The smallest absolute Gasteiger partial charge is 0.406 e. The highest BCUT2D eigenvalue weighted by atomic mass is 19.4. The first-order valence-electron chi connectivity index (χ1n) is 8.51. The van der Waals surface area contributed by atoms with Gasteiger partial charge in [0.15, 0.2) is 0 Å². The van der Waals surface area contributed by atoms with Gasteiger partial charge in [-0.3, -0.25) is 19.4 Å². The Labute approximate surface area is 155 Å². The fourth-order valence-corrected chi connectivity index (χ4v) is 2.74. The fraction of sp³-hybridized carbons (Fsp3) is 0.529. The molecule has 27 heavy (non-hydrogen) atoms. The van der Waals surface area contributed by atoms with E-state index < -0.39 is 12.4 Å². The number of anilines is 1. The molecule has 1 aliphatic rings. The van der Waals surface area contributed by atoms with Crippen LogP contribution in [0.3, 0.4) is 0 Å². The standard InChI is InChI=1S/C17H23F3N4O3/c1-12(24-9-7-23(8-10-24)11-15(25)21-2)16(26)22-13-3-5-14(6-4-13)27-17(18,19)20/h3-6,12H,7-11H2,1-2H3,(H,21,25)(H,22,26)/t12-/m1/s1. The number of likely N-dealkylation sites (N-methyl/N-ethyl adjacent to an activating group) is 1. The summed E-state index contributed by atoms with van der Waals surface area (Å²) >= 11 is 0. The molecule has 1 saturated heterocycles. The molecule has 0 saturated carbocycles. The highest BCUT2D eigenvalue weighted by Crippen LogP contribution is 2.24. The lowest BCUT2D eigenvalue weighted by Gasteiger charge is -2.37. The number of benzene rings is 1. The maximum Gasteiger partial charge on any atom is 0.573 e.